The second kappa shape index (κ2) is 10.5. The van der Waals surface area contributed by atoms with E-state index in [-0.39, 0.29) is 0 Å². The maximum atomic E-state index is 10.1. The second-order valence-electron chi connectivity index (χ2n) is 6.33. The standard InChI is InChI=1S/C25H22O5/c1-19-17-22(20-3-8-23(9-4-20)30-16-14-28-18-26)7-12-25(19)21-5-10-24(11-6-21)29-15-13-27-2/h3-18H,1-2H3/b15-13-,16-14-. The van der Waals surface area contributed by atoms with Gasteiger partial charge in [0.15, 0.2) is 0 Å². The smallest absolute Gasteiger partial charge is 0.298 e. The molecule has 0 aromatic heterocycles. The molecule has 0 atom stereocenters. The quantitative estimate of drug-likeness (QED) is 0.332. The summed E-state index contributed by atoms with van der Waals surface area (Å²) < 4.78 is 20.1. The molecule has 152 valence electrons. The van der Waals surface area contributed by atoms with E-state index in [0.717, 1.165) is 28.0 Å². The lowest BCUT2D eigenvalue weighted by Gasteiger charge is -2.10. The Morgan fingerprint density at radius 1 is 0.667 bits per heavy atom. The monoisotopic (exact) mass is 402 g/mol. The van der Waals surface area contributed by atoms with Crippen LogP contribution < -0.4 is 9.47 Å². The van der Waals surface area contributed by atoms with Crippen LogP contribution in [0.2, 0.25) is 0 Å². The molecule has 5 heteroatoms. The van der Waals surface area contributed by atoms with Gasteiger partial charge in [0.25, 0.3) is 6.47 Å². The Morgan fingerprint density at radius 2 is 1.23 bits per heavy atom. The van der Waals surface area contributed by atoms with Crippen molar-refractivity contribution in [3.05, 3.63) is 97.3 Å². The Hall–Kier alpha value is -3.99. The van der Waals surface area contributed by atoms with Gasteiger partial charge >= 0.3 is 0 Å². The van der Waals surface area contributed by atoms with Crippen molar-refractivity contribution in [3.8, 4) is 33.8 Å². The number of hydrogen-bond acceptors (Lipinski definition) is 5. The molecular formula is C25H22O5. The van der Waals surface area contributed by atoms with Gasteiger partial charge in [0, 0.05) is 0 Å². The second-order valence-corrected chi connectivity index (χ2v) is 6.33. The molecule has 5 nitrogen and oxygen atoms in total. The number of rotatable bonds is 9. The molecule has 3 rings (SSSR count). The minimum Gasteiger partial charge on any atom is -0.501 e. The Balaban J connectivity index is 1.72. The van der Waals surface area contributed by atoms with Crippen molar-refractivity contribution in [1.82, 2.24) is 0 Å². The van der Waals surface area contributed by atoms with Gasteiger partial charge in [-0.2, -0.15) is 0 Å². The Labute approximate surface area is 175 Å². The van der Waals surface area contributed by atoms with E-state index in [9.17, 15) is 4.79 Å². The zero-order valence-corrected chi connectivity index (χ0v) is 16.8. The fourth-order valence-corrected chi connectivity index (χ4v) is 2.94. The number of methoxy groups -OCH3 is 1. The predicted octanol–water partition coefficient (Wildman–Crippen LogP) is 5.85. The van der Waals surface area contributed by atoms with Crippen molar-refractivity contribution in [1.29, 1.82) is 0 Å². The van der Waals surface area contributed by atoms with Crippen molar-refractivity contribution in [3.63, 3.8) is 0 Å². The van der Waals surface area contributed by atoms with Crippen LogP contribution in [-0.2, 0) is 14.3 Å². The lowest BCUT2D eigenvalue weighted by Crippen LogP contribution is -1.88. The van der Waals surface area contributed by atoms with Gasteiger partial charge in [-0.25, -0.2) is 0 Å². The molecule has 0 N–H and O–H groups in total. The van der Waals surface area contributed by atoms with Crippen LogP contribution in [0.4, 0.5) is 0 Å². The van der Waals surface area contributed by atoms with Gasteiger partial charge < -0.3 is 18.9 Å². The zero-order chi connectivity index (χ0) is 21.2. The largest absolute Gasteiger partial charge is 0.501 e. The summed E-state index contributed by atoms with van der Waals surface area (Å²) in [5, 5.41) is 0. The topological polar surface area (TPSA) is 54.0 Å². The minimum absolute atomic E-state index is 0.331. The predicted molar refractivity (Wildman–Crippen MR) is 116 cm³/mol. The highest BCUT2D eigenvalue weighted by atomic mass is 16.5. The van der Waals surface area contributed by atoms with E-state index in [1.165, 1.54) is 30.6 Å². The van der Waals surface area contributed by atoms with Crippen LogP contribution in [0.1, 0.15) is 5.56 Å². The maximum Gasteiger partial charge on any atom is 0.298 e. The van der Waals surface area contributed by atoms with Crippen LogP contribution in [0.3, 0.4) is 0 Å². The van der Waals surface area contributed by atoms with Crippen LogP contribution in [0.25, 0.3) is 22.3 Å². The SMILES string of the molecule is CO/C=C\Oc1ccc(-c2ccc(-c3ccc(O/C=C\OC=O)cc3)cc2C)cc1. The van der Waals surface area contributed by atoms with Crippen LogP contribution in [0.5, 0.6) is 11.5 Å². The first-order valence-corrected chi connectivity index (χ1v) is 9.28. The molecule has 0 saturated carbocycles. The van der Waals surface area contributed by atoms with Crippen LogP contribution >= 0.6 is 0 Å². The fourth-order valence-electron chi connectivity index (χ4n) is 2.94. The van der Waals surface area contributed by atoms with Crippen molar-refractivity contribution in [2.24, 2.45) is 0 Å². The number of hydrogen-bond donors (Lipinski definition) is 0. The summed E-state index contributed by atoms with van der Waals surface area (Å²) in [5.41, 5.74) is 5.66. The maximum absolute atomic E-state index is 10.1. The molecule has 0 bridgehead atoms. The number of carbonyl (C=O) groups is 1. The van der Waals surface area contributed by atoms with Gasteiger partial charge in [0.1, 0.15) is 36.5 Å². The van der Waals surface area contributed by atoms with E-state index >= 15 is 0 Å². The van der Waals surface area contributed by atoms with Gasteiger partial charge in [0.05, 0.1) is 7.11 Å². The molecule has 0 aliphatic rings. The average molecular weight is 402 g/mol. The third kappa shape index (κ3) is 5.52. The van der Waals surface area contributed by atoms with Gasteiger partial charge in [-0.1, -0.05) is 42.5 Å². The van der Waals surface area contributed by atoms with E-state index in [1.807, 2.05) is 48.5 Å². The van der Waals surface area contributed by atoms with Gasteiger partial charge in [-0.3, -0.25) is 4.79 Å². The summed E-state index contributed by atoms with van der Waals surface area (Å²) in [6.07, 6.45) is 5.47. The van der Waals surface area contributed by atoms with E-state index in [4.69, 9.17) is 14.2 Å². The Kier molecular flexibility index (Phi) is 7.28. The molecule has 30 heavy (non-hydrogen) atoms. The summed E-state index contributed by atoms with van der Waals surface area (Å²) in [7, 11) is 1.57. The first kappa shape index (κ1) is 20.7. The van der Waals surface area contributed by atoms with Crippen molar-refractivity contribution < 1.29 is 23.7 Å². The zero-order valence-electron chi connectivity index (χ0n) is 16.8. The molecule has 0 saturated heterocycles. The normalized spacial score (nSPS) is 10.9. The van der Waals surface area contributed by atoms with Crippen molar-refractivity contribution >= 4 is 6.47 Å². The highest BCUT2D eigenvalue weighted by molar-refractivity contribution is 5.74. The summed E-state index contributed by atoms with van der Waals surface area (Å²) in [6.45, 7) is 2.43. The first-order valence-electron chi connectivity index (χ1n) is 9.28. The molecule has 0 aliphatic carbocycles. The van der Waals surface area contributed by atoms with E-state index in [0.29, 0.717) is 12.2 Å². The third-order valence-electron chi connectivity index (χ3n) is 4.37. The molecule has 3 aromatic carbocycles. The molecule has 0 amide bonds. The van der Waals surface area contributed by atoms with Crippen molar-refractivity contribution in [2.75, 3.05) is 7.11 Å². The van der Waals surface area contributed by atoms with E-state index in [2.05, 4.69) is 29.9 Å². The summed E-state index contributed by atoms with van der Waals surface area (Å²) in [5.74, 6) is 1.40. The lowest BCUT2D eigenvalue weighted by molar-refractivity contribution is -0.123. The van der Waals surface area contributed by atoms with Crippen LogP contribution in [-0.4, -0.2) is 13.6 Å². The third-order valence-corrected chi connectivity index (χ3v) is 4.37. The summed E-state index contributed by atoms with van der Waals surface area (Å²) in [4.78, 5) is 10.1. The lowest BCUT2D eigenvalue weighted by atomic mass is 9.96. The number of carbonyl (C=O) groups excluding carboxylic acids is 1. The Morgan fingerprint density at radius 3 is 1.80 bits per heavy atom. The van der Waals surface area contributed by atoms with Crippen LogP contribution in [0, 0.1) is 6.92 Å². The molecular weight excluding hydrogens is 380 g/mol. The first-order chi connectivity index (χ1) is 14.7. The highest BCUT2D eigenvalue weighted by Crippen LogP contribution is 2.30. The Bertz CT molecular complexity index is 1020. The number of ether oxygens (including phenoxy) is 4. The van der Waals surface area contributed by atoms with Gasteiger partial charge in [-0.05, 0) is 59.0 Å². The minimum atomic E-state index is 0.331. The fraction of sp³-hybridized carbons (Fsp3) is 0.0800. The highest BCUT2D eigenvalue weighted by Gasteiger charge is 2.06. The molecule has 0 heterocycles. The van der Waals surface area contributed by atoms with Gasteiger partial charge in [0.2, 0.25) is 0 Å². The number of aryl methyl sites for hydroxylation is 1. The molecule has 0 aliphatic heterocycles. The summed E-state index contributed by atoms with van der Waals surface area (Å²) in [6, 6.07) is 22.0. The molecule has 0 unspecified atom stereocenters. The average Bonchev–Trinajstić information content (AvgIpc) is 2.78. The van der Waals surface area contributed by atoms with E-state index in [1.54, 1.807) is 7.11 Å². The van der Waals surface area contributed by atoms with Crippen molar-refractivity contribution in [2.45, 2.75) is 6.92 Å². The molecule has 0 fully saturated rings. The molecule has 0 radical (unpaired) electrons. The molecule has 0 spiro atoms. The number of benzene rings is 3. The van der Waals surface area contributed by atoms with Gasteiger partial charge in [-0.15, -0.1) is 0 Å². The molecule has 3 aromatic rings. The van der Waals surface area contributed by atoms with Crippen LogP contribution in [0.15, 0.2) is 91.8 Å². The van der Waals surface area contributed by atoms with E-state index < -0.39 is 0 Å². The summed E-state index contributed by atoms with van der Waals surface area (Å²) >= 11 is 0.